The quantitative estimate of drug-likeness (QED) is 0.711. The van der Waals surface area contributed by atoms with Gasteiger partial charge in [-0.25, -0.2) is 4.39 Å². The molecule has 106 valence electrons. The molecule has 0 atom stereocenters. The van der Waals surface area contributed by atoms with Crippen LogP contribution in [0, 0.1) is 5.82 Å². The van der Waals surface area contributed by atoms with Crippen LogP contribution in [0.1, 0.15) is 0 Å². The van der Waals surface area contributed by atoms with E-state index in [9.17, 15) is 14.3 Å². The molecule has 0 fully saturated rings. The first-order chi connectivity index (χ1) is 9.99. The van der Waals surface area contributed by atoms with Crippen LogP contribution in [0.5, 0.6) is 5.75 Å². The normalized spacial score (nSPS) is 11.0. The lowest BCUT2D eigenvalue weighted by atomic mass is 10.1. The van der Waals surface area contributed by atoms with Crippen LogP contribution in [-0.4, -0.2) is 5.11 Å². The number of phenols is 1. The van der Waals surface area contributed by atoms with Crippen LogP contribution in [-0.2, 0) is 0 Å². The number of halogens is 3. The van der Waals surface area contributed by atoms with Crippen molar-refractivity contribution in [3.8, 4) is 17.1 Å². The Morgan fingerprint density at radius 2 is 1.86 bits per heavy atom. The van der Waals surface area contributed by atoms with E-state index >= 15 is 0 Å². The zero-order valence-electron chi connectivity index (χ0n) is 10.4. The maximum atomic E-state index is 13.8. The number of hydrogen-bond acceptors (Lipinski definition) is 3. The molecule has 0 aliphatic carbocycles. The summed E-state index contributed by atoms with van der Waals surface area (Å²) in [6, 6.07) is 8.30. The van der Waals surface area contributed by atoms with Gasteiger partial charge in [0.05, 0.1) is 21.0 Å². The third kappa shape index (κ3) is 2.26. The molecule has 0 aliphatic rings. The van der Waals surface area contributed by atoms with E-state index in [0.29, 0.717) is 0 Å². The van der Waals surface area contributed by atoms with Crippen LogP contribution in [0.15, 0.2) is 45.6 Å². The molecule has 21 heavy (non-hydrogen) atoms. The van der Waals surface area contributed by atoms with E-state index in [4.69, 9.17) is 27.6 Å². The van der Waals surface area contributed by atoms with E-state index in [1.54, 1.807) is 6.07 Å². The number of aromatic hydroxyl groups is 1. The van der Waals surface area contributed by atoms with Gasteiger partial charge in [-0.05, 0) is 12.1 Å². The van der Waals surface area contributed by atoms with E-state index in [-0.39, 0.29) is 32.3 Å². The van der Waals surface area contributed by atoms with Crippen molar-refractivity contribution < 1.29 is 13.9 Å². The van der Waals surface area contributed by atoms with Gasteiger partial charge in [0.15, 0.2) is 11.2 Å². The summed E-state index contributed by atoms with van der Waals surface area (Å²) in [4.78, 5) is 12.1. The molecule has 0 saturated heterocycles. The molecule has 1 N–H and O–H groups in total. The highest BCUT2D eigenvalue weighted by Gasteiger charge is 2.17. The van der Waals surface area contributed by atoms with Crippen molar-refractivity contribution in [1.29, 1.82) is 0 Å². The van der Waals surface area contributed by atoms with Gasteiger partial charge in [0.2, 0.25) is 0 Å². The molecule has 1 heterocycles. The highest BCUT2D eigenvalue weighted by Crippen LogP contribution is 2.38. The summed E-state index contributed by atoms with van der Waals surface area (Å²) in [5.74, 6) is -0.851. The molecule has 1 aromatic heterocycles. The van der Waals surface area contributed by atoms with Gasteiger partial charge in [0.1, 0.15) is 17.2 Å². The number of phenolic OH excluding ortho intramolecular Hbond substituents is 1. The van der Waals surface area contributed by atoms with E-state index in [2.05, 4.69) is 0 Å². The summed E-state index contributed by atoms with van der Waals surface area (Å²) in [6.45, 7) is 0. The Balaban J connectivity index is 2.38. The highest BCUT2D eigenvalue weighted by molar-refractivity contribution is 6.40. The second-order valence-corrected chi connectivity index (χ2v) is 5.13. The van der Waals surface area contributed by atoms with Crippen molar-refractivity contribution in [2.24, 2.45) is 0 Å². The number of fused-ring (bicyclic) bond motifs is 1. The smallest absolute Gasteiger partial charge is 0.194 e. The van der Waals surface area contributed by atoms with E-state index < -0.39 is 17.0 Å². The third-order valence-corrected chi connectivity index (χ3v) is 3.68. The van der Waals surface area contributed by atoms with Gasteiger partial charge in [-0.15, -0.1) is 0 Å². The van der Waals surface area contributed by atoms with Gasteiger partial charge in [-0.2, -0.15) is 0 Å². The van der Waals surface area contributed by atoms with Crippen molar-refractivity contribution in [3.63, 3.8) is 0 Å². The molecule has 0 spiro atoms. The highest BCUT2D eigenvalue weighted by atomic mass is 35.5. The van der Waals surface area contributed by atoms with Crippen LogP contribution in [0.2, 0.25) is 10.0 Å². The summed E-state index contributed by atoms with van der Waals surface area (Å²) >= 11 is 11.7. The zero-order valence-corrected chi connectivity index (χ0v) is 11.9. The van der Waals surface area contributed by atoms with Gasteiger partial charge in [-0.3, -0.25) is 4.79 Å². The first-order valence-corrected chi connectivity index (χ1v) is 6.64. The van der Waals surface area contributed by atoms with Gasteiger partial charge in [0, 0.05) is 12.1 Å². The lowest BCUT2D eigenvalue weighted by molar-refractivity contribution is 0.476. The minimum absolute atomic E-state index is 0.00124. The summed E-state index contributed by atoms with van der Waals surface area (Å²) < 4.78 is 19.3. The molecule has 3 rings (SSSR count). The fourth-order valence-corrected chi connectivity index (χ4v) is 2.56. The minimum Gasteiger partial charge on any atom is -0.505 e. The average Bonchev–Trinajstić information content (AvgIpc) is 2.44. The summed E-state index contributed by atoms with van der Waals surface area (Å²) in [7, 11) is 0. The van der Waals surface area contributed by atoms with Crippen LogP contribution >= 0.6 is 23.2 Å². The predicted molar refractivity (Wildman–Crippen MR) is 79.6 cm³/mol. The van der Waals surface area contributed by atoms with Crippen LogP contribution < -0.4 is 5.43 Å². The number of benzene rings is 2. The lowest BCUT2D eigenvalue weighted by Gasteiger charge is -2.07. The second-order valence-electron chi connectivity index (χ2n) is 4.35. The summed E-state index contributed by atoms with van der Waals surface area (Å²) in [6.07, 6.45) is 0. The molecule has 2 aromatic carbocycles. The van der Waals surface area contributed by atoms with Crippen molar-refractivity contribution in [2.75, 3.05) is 0 Å². The van der Waals surface area contributed by atoms with Crippen LogP contribution in [0.4, 0.5) is 4.39 Å². The third-order valence-electron chi connectivity index (χ3n) is 3.03. The van der Waals surface area contributed by atoms with E-state index in [0.717, 1.165) is 6.07 Å². The monoisotopic (exact) mass is 324 g/mol. The summed E-state index contributed by atoms with van der Waals surface area (Å²) in [5.41, 5.74) is -0.267. The average molecular weight is 325 g/mol. The molecule has 0 unspecified atom stereocenters. The lowest BCUT2D eigenvalue weighted by Crippen LogP contribution is -2.02. The first-order valence-electron chi connectivity index (χ1n) is 5.88. The van der Waals surface area contributed by atoms with Crippen molar-refractivity contribution in [3.05, 3.63) is 62.5 Å². The van der Waals surface area contributed by atoms with Crippen molar-refractivity contribution in [1.82, 2.24) is 0 Å². The maximum Gasteiger partial charge on any atom is 0.194 e. The van der Waals surface area contributed by atoms with Crippen molar-refractivity contribution >= 4 is 34.2 Å². The Labute approximate surface area is 128 Å². The molecule has 0 amide bonds. The molecule has 6 heteroatoms. The largest absolute Gasteiger partial charge is 0.505 e. The Kier molecular flexibility index (Phi) is 3.35. The number of rotatable bonds is 1. The standard InChI is InChI=1S/C15H7Cl2FO3/c16-8-5-12-13(14(17)15(8)20)10(19)6-11(21-12)7-3-1-2-4-9(7)18/h1-6,20H. The Hall–Kier alpha value is -2.04. The maximum absolute atomic E-state index is 13.8. The Morgan fingerprint density at radius 1 is 1.14 bits per heavy atom. The summed E-state index contributed by atoms with van der Waals surface area (Å²) in [5, 5.41) is 9.41. The van der Waals surface area contributed by atoms with Crippen molar-refractivity contribution in [2.45, 2.75) is 0 Å². The van der Waals surface area contributed by atoms with Crippen LogP contribution in [0.25, 0.3) is 22.3 Å². The predicted octanol–water partition coefficient (Wildman–Crippen LogP) is 4.61. The Bertz CT molecular complexity index is 919. The molecule has 0 radical (unpaired) electrons. The fourth-order valence-electron chi connectivity index (χ4n) is 2.03. The van der Waals surface area contributed by atoms with Gasteiger partial charge >= 0.3 is 0 Å². The number of hydrogen-bond donors (Lipinski definition) is 1. The fraction of sp³-hybridized carbons (Fsp3) is 0. The van der Waals surface area contributed by atoms with E-state index in [1.165, 1.54) is 24.3 Å². The van der Waals surface area contributed by atoms with Gasteiger partial charge < -0.3 is 9.52 Å². The molecular formula is C15H7Cl2FO3. The molecule has 0 saturated carbocycles. The van der Waals surface area contributed by atoms with Gasteiger partial charge in [-0.1, -0.05) is 35.3 Å². The molecule has 3 nitrogen and oxygen atoms in total. The first kappa shape index (κ1) is 13.9. The topological polar surface area (TPSA) is 50.4 Å². The second kappa shape index (κ2) is 5.06. The molecule has 3 aromatic rings. The van der Waals surface area contributed by atoms with Gasteiger partial charge in [0.25, 0.3) is 0 Å². The van der Waals surface area contributed by atoms with E-state index in [1.807, 2.05) is 0 Å². The Morgan fingerprint density at radius 3 is 2.57 bits per heavy atom. The SMILES string of the molecule is O=c1cc(-c2ccccc2F)oc2cc(Cl)c(O)c(Cl)c12. The zero-order chi connectivity index (χ0) is 15.1. The minimum atomic E-state index is -0.518. The van der Waals surface area contributed by atoms with Crippen LogP contribution in [0.3, 0.4) is 0 Å². The molecular weight excluding hydrogens is 318 g/mol. The molecule has 0 aliphatic heterocycles. The molecule has 0 bridgehead atoms.